The topological polar surface area (TPSA) is 40.5 Å². The minimum Gasteiger partial charge on any atom is -0.507 e. The molecule has 0 aliphatic heterocycles. The highest BCUT2D eigenvalue weighted by Crippen LogP contribution is 2.41. The number of aliphatic hydroxyl groups excluding tert-OH is 1. The number of benzene rings is 3. The van der Waals surface area contributed by atoms with Crippen LogP contribution >= 0.6 is 0 Å². The predicted molar refractivity (Wildman–Crippen MR) is 83.2 cm³/mol. The van der Waals surface area contributed by atoms with E-state index in [1.807, 2.05) is 49.4 Å². The molecule has 0 saturated carbocycles. The number of hydrogen-bond donors (Lipinski definition) is 2. The Morgan fingerprint density at radius 2 is 1.20 bits per heavy atom. The van der Waals surface area contributed by atoms with Crippen molar-refractivity contribution >= 4 is 21.5 Å². The highest BCUT2D eigenvalue weighted by Gasteiger charge is 2.21. The molecule has 0 aliphatic rings. The second-order valence-electron chi connectivity index (χ2n) is 5.38. The van der Waals surface area contributed by atoms with Crippen molar-refractivity contribution in [2.45, 2.75) is 25.9 Å². The lowest BCUT2D eigenvalue weighted by atomic mass is 9.87. The summed E-state index contributed by atoms with van der Waals surface area (Å²) in [4.78, 5) is 0. The Hall–Kier alpha value is -2.06. The first-order chi connectivity index (χ1) is 9.61. The Kier molecular flexibility index (Phi) is 3.11. The fraction of sp³-hybridized carbons (Fsp3) is 0.222. The van der Waals surface area contributed by atoms with Gasteiger partial charge in [-0.1, -0.05) is 55.5 Å². The van der Waals surface area contributed by atoms with Crippen LogP contribution in [0.5, 0.6) is 5.75 Å². The molecule has 0 aliphatic carbocycles. The maximum atomic E-state index is 10.7. The van der Waals surface area contributed by atoms with Crippen LogP contribution in [0.4, 0.5) is 0 Å². The molecule has 0 heterocycles. The van der Waals surface area contributed by atoms with Gasteiger partial charge >= 0.3 is 0 Å². The van der Waals surface area contributed by atoms with E-state index in [1.165, 1.54) is 0 Å². The summed E-state index contributed by atoms with van der Waals surface area (Å²) in [5, 5.41) is 24.6. The van der Waals surface area contributed by atoms with Crippen LogP contribution in [0.3, 0.4) is 0 Å². The van der Waals surface area contributed by atoms with Gasteiger partial charge in [0.25, 0.3) is 0 Å². The molecule has 102 valence electrons. The molecule has 3 aromatic carbocycles. The molecule has 0 saturated heterocycles. The summed E-state index contributed by atoms with van der Waals surface area (Å²) in [6.07, 6.45) is -0.509. The van der Waals surface area contributed by atoms with Crippen LogP contribution in [0.15, 0.2) is 48.5 Å². The van der Waals surface area contributed by atoms with Gasteiger partial charge in [0.05, 0.1) is 6.10 Å². The van der Waals surface area contributed by atoms with E-state index < -0.39 is 6.10 Å². The van der Waals surface area contributed by atoms with E-state index >= 15 is 0 Å². The standard InChI is InChI=1S/C18H18O2/c1-11(12(2)19)17-15-9-5-3-7-13(15)14-8-4-6-10-16(14)18(17)20/h3-12,19-20H,1-2H3. The zero-order valence-corrected chi connectivity index (χ0v) is 11.7. The highest BCUT2D eigenvalue weighted by molar-refractivity contribution is 6.12. The van der Waals surface area contributed by atoms with Crippen molar-refractivity contribution in [1.29, 1.82) is 0 Å². The molecular formula is C18H18O2. The van der Waals surface area contributed by atoms with Crippen molar-refractivity contribution in [3.8, 4) is 5.75 Å². The molecule has 3 aromatic rings. The number of hydrogen-bond acceptors (Lipinski definition) is 2. The number of phenolic OH excluding ortho intramolecular Hbond substituents is 1. The molecule has 0 fully saturated rings. The zero-order valence-electron chi connectivity index (χ0n) is 11.7. The molecule has 0 aromatic heterocycles. The van der Waals surface area contributed by atoms with Gasteiger partial charge in [0.15, 0.2) is 0 Å². The first-order valence-corrected chi connectivity index (χ1v) is 6.91. The van der Waals surface area contributed by atoms with Gasteiger partial charge in [-0.3, -0.25) is 0 Å². The molecule has 20 heavy (non-hydrogen) atoms. The maximum absolute atomic E-state index is 10.7. The molecule has 2 heteroatoms. The molecule has 0 spiro atoms. The van der Waals surface area contributed by atoms with Crippen LogP contribution in [-0.4, -0.2) is 16.3 Å². The van der Waals surface area contributed by atoms with Crippen LogP contribution in [0.25, 0.3) is 21.5 Å². The molecule has 2 atom stereocenters. The van der Waals surface area contributed by atoms with Crippen LogP contribution in [0.2, 0.25) is 0 Å². The molecule has 2 nitrogen and oxygen atoms in total. The van der Waals surface area contributed by atoms with Crippen LogP contribution in [0, 0.1) is 0 Å². The molecular weight excluding hydrogens is 248 g/mol. The van der Waals surface area contributed by atoms with Crippen molar-refractivity contribution in [2.24, 2.45) is 0 Å². The first-order valence-electron chi connectivity index (χ1n) is 6.91. The van der Waals surface area contributed by atoms with Crippen molar-refractivity contribution in [2.75, 3.05) is 0 Å². The third-order valence-corrected chi connectivity index (χ3v) is 4.12. The van der Waals surface area contributed by atoms with E-state index in [1.54, 1.807) is 6.92 Å². The van der Waals surface area contributed by atoms with E-state index in [0.29, 0.717) is 0 Å². The molecule has 0 amide bonds. The van der Waals surface area contributed by atoms with Crippen LogP contribution in [-0.2, 0) is 0 Å². The fourth-order valence-electron chi connectivity index (χ4n) is 2.85. The van der Waals surface area contributed by atoms with Gasteiger partial charge in [-0.25, -0.2) is 0 Å². The van der Waals surface area contributed by atoms with E-state index in [9.17, 15) is 10.2 Å². The number of aliphatic hydroxyl groups is 1. The lowest BCUT2D eigenvalue weighted by molar-refractivity contribution is 0.168. The first kappa shape index (κ1) is 12.9. The lowest BCUT2D eigenvalue weighted by Gasteiger charge is -2.20. The normalized spacial score (nSPS) is 14.6. The molecule has 0 bridgehead atoms. The van der Waals surface area contributed by atoms with Gasteiger partial charge in [0.1, 0.15) is 5.75 Å². The average Bonchev–Trinajstić information content (AvgIpc) is 2.47. The third kappa shape index (κ3) is 1.84. The largest absolute Gasteiger partial charge is 0.507 e. The molecule has 0 radical (unpaired) electrons. The number of aromatic hydroxyl groups is 1. The Morgan fingerprint density at radius 3 is 1.75 bits per heavy atom. The number of fused-ring (bicyclic) bond motifs is 3. The molecule has 3 rings (SSSR count). The van der Waals surface area contributed by atoms with Crippen LogP contribution < -0.4 is 0 Å². The molecule has 2 unspecified atom stereocenters. The van der Waals surface area contributed by atoms with Gasteiger partial charge in [0.2, 0.25) is 0 Å². The summed E-state index contributed by atoms with van der Waals surface area (Å²) in [5.74, 6) is 0.164. The van der Waals surface area contributed by atoms with E-state index in [4.69, 9.17) is 0 Å². The Bertz CT molecular complexity index is 775. The van der Waals surface area contributed by atoms with E-state index in [2.05, 4.69) is 6.07 Å². The summed E-state index contributed by atoms with van der Waals surface area (Å²) >= 11 is 0. The van der Waals surface area contributed by atoms with E-state index in [-0.39, 0.29) is 11.7 Å². The Balaban J connectivity index is 2.51. The third-order valence-electron chi connectivity index (χ3n) is 4.12. The van der Waals surface area contributed by atoms with Gasteiger partial charge in [0, 0.05) is 16.9 Å². The SMILES string of the molecule is CC(O)C(C)c1c(O)c2ccccc2c2ccccc12. The fourth-order valence-corrected chi connectivity index (χ4v) is 2.85. The quantitative estimate of drug-likeness (QED) is 0.683. The van der Waals surface area contributed by atoms with Gasteiger partial charge in [-0.05, 0) is 23.1 Å². The highest BCUT2D eigenvalue weighted by atomic mass is 16.3. The summed E-state index contributed by atoms with van der Waals surface area (Å²) in [6, 6.07) is 15.9. The second-order valence-corrected chi connectivity index (χ2v) is 5.38. The van der Waals surface area contributed by atoms with Crippen molar-refractivity contribution in [1.82, 2.24) is 0 Å². The zero-order chi connectivity index (χ0) is 14.3. The van der Waals surface area contributed by atoms with Crippen molar-refractivity contribution in [3.05, 3.63) is 54.1 Å². The smallest absolute Gasteiger partial charge is 0.127 e. The summed E-state index contributed by atoms with van der Waals surface area (Å²) in [7, 11) is 0. The maximum Gasteiger partial charge on any atom is 0.127 e. The number of rotatable bonds is 2. The Labute approximate surface area is 118 Å². The van der Waals surface area contributed by atoms with Crippen LogP contribution in [0.1, 0.15) is 25.3 Å². The summed E-state index contributed by atoms with van der Waals surface area (Å²) in [6.45, 7) is 3.70. The minimum atomic E-state index is -0.509. The predicted octanol–water partition coefficient (Wildman–Crippen LogP) is 4.18. The van der Waals surface area contributed by atoms with E-state index in [0.717, 1.165) is 27.1 Å². The van der Waals surface area contributed by atoms with Gasteiger partial charge in [-0.15, -0.1) is 0 Å². The second kappa shape index (κ2) is 4.80. The minimum absolute atomic E-state index is 0.121. The van der Waals surface area contributed by atoms with Crippen molar-refractivity contribution in [3.63, 3.8) is 0 Å². The summed E-state index contributed by atoms with van der Waals surface area (Å²) in [5.41, 5.74) is 0.828. The lowest BCUT2D eigenvalue weighted by Crippen LogP contribution is -2.11. The Morgan fingerprint density at radius 1 is 0.750 bits per heavy atom. The van der Waals surface area contributed by atoms with Crippen molar-refractivity contribution < 1.29 is 10.2 Å². The van der Waals surface area contributed by atoms with Gasteiger partial charge in [-0.2, -0.15) is 0 Å². The average molecular weight is 266 g/mol. The van der Waals surface area contributed by atoms with Gasteiger partial charge < -0.3 is 10.2 Å². The number of phenols is 1. The molecule has 2 N–H and O–H groups in total. The summed E-state index contributed by atoms with van der Waals surface area (Å²) < 4.78 is 0. The monoisotopic (exact) mass is 266 g/mol.